The minimum atomic E-state index is -0.116. The quantitative estimate of drug-likeness (QED) is 0.779. The van der Waals surface area contributed by atoms with Crippen LogP contribution in [0.4, 0.5) is 0 Å². The highest BCUT2D eigenvalue weighted by Gasteiger charge is 2.20. The molecule has 116 valence electrons. The molecule has 1 aromatic carbocycles. The molecule has 1 aliphatic rings. The average Bonchev–Trinajstić information content (AvgIpc) is 2.53. The SMILES string of the molecule is CNC(=O)c1cccc(CNC(=O)C2CCCNC2)c1.Cl. The number of hydrogen-bond donors (Lipinski definition) is 3. The van der Waals surface area contributed by atoms with Crippen LogP contribution in [0.15, 0.2) is 24.3 Å². The van der Waals surface area contributed by atoms with Gasteiger partial charge in [-0.05, 0) is 37.1 Å². The predicted octanol–water partition coefficient (Wildman–Crippen LogP) is 1.08. The molecule has 1 aliphatic heterocycles. The van der Waals surface area contributed by atoms with Gasteiger partial charge in [0.25, 0.3) is 5.91 Å². The fraction of sp³-hybridized carbons (Fsp3) is 0.467. The zero-order chi connectivity index (χ0) is 14.4. The van der Waals surface area contributed by atoms with Gasteiger partial charge in [-0.3, -0.25) is 9.59 Å². The minimum Gasteiger partial charge on any atom is -0.355 e. The van der Waals surface area contributed by atoms with Gasteiger partial charge in [-0.15, -0.1) is 12.4 Å². The molecule has 2 amide bonds. The molecule has 1 atom stereocenters. The summed E-state index contributed by atoms with van der Waals surface area (Å²) in [5.41, 5.74) is 1.54. The molecular weight excluding hydrogens is 290 g/mol. The molecule has 1 fully saturated rings. The molecule has 6 heteroatoms. The Hall–Kier alpha value is -1.59. The molecule has 1 aromatic rings. The first-order chi connectivity index (χ1) is 9.70. The lowest BCUT2D eigenvalue weighted by Crippen LogP contribution is -2.40. The summed E-state index contributed by atoms with van der Waals surface area (Å²) in [6.45, 7) is 2.21. The second-order valence-corrected chi connectivity index (χ2v) is 5.04. The third-order valence-electron chi connectivity index (χ3n) is 3.55. The van der Waals surface area contributed by atoms with Crippen LogP contribution in [0.1, 0.15) is 28.8 Å². The Morgan fingerprint density at radius 1 is 1.38 bits per heavy atom. The maximum atomic E-state index is 12.0. The Morgan fingerprint density at radius 3 is 2.86 bits per heavy atom. The summed E-state index contributed by atoms with van der Waals surface area (Å²) in [6.07, 6.45) is 1.99. The van der Waals surface area contributed by atoms with Gasteiger partial charge in [0, 0.05) is 25.7 Å². The second-order valence-electron chi connectivity index (χ2n) is 5.04. The van der Waals surface area contributed by atoms with E-state index < -0.39 is 0 Å². The number of benzene rings is 1. The summed E-state index contributed by atoms with van der Waals surface area (Å²) >= 11 is 0. The minimum absolute atomic E-state index is 0. The molecule has 5 nitrogen and oxygen atoms in total. The summed E-state index contributed by atoms with van der Waals surface area (Å²) in [7, 11) is 1.60. The van der Waals surface area contributed by atoms with Gasteiger partial charge >= 0.3 is 0 Å². The van der Waals surface area contributed by atoms with Crippen molar-refractivity contribution >= 4 is 24.2 Å². The van der Waals surface area contributed by atoms with Crippen molar-refractivity contribution < 1.29 is 9.59 Å². The van der Waals surface area contributed by atoms with Crippen LogP contribution in [0.5, 0.6) is 0 Å². The van der Waals surface area contributed by atoms with E-state index in [-0.39, 0.29) is 30.1 Å². The molecule has 0 spiro atoms. The zero-order valence-corrected chi connectivity index (χ0v) is 13.0. The Kier molecular flexibility index (Phi) is 7.19. The first kappa shape index (κ1) is 17.5. The van der Waals surface area contributed by atoms with E-state index in [0.717, 1.165) is 31.5 Å². The summed E-state index contributed by atoms with van der Waals surface area (Å²) in [5, 5.41) is 8.76. The van der Waals surface area contributed by atoms with Crippen LogP contribution in [0.25, 0.3) is 0 Å². The molecular formula is C15H22ClN3O2. The lowest BCUT2D eigenvalue weighted by molar-refractivity contribution is -0.125. The molecule has 21 heavy (non-hydrogen) atoms. The van der Waals surface area contributed by atoms with E-state index in [1.807, 2.05) is 12.1 Å². The van der Waals surface area contributed by atoms with E-state index in [1.54, 1.807) is 19.2 Å². The highest BCUT2D eigenvalue weighted by atomic mass is 35.5. The van der Waals surface area contributed by atoms with Crippen LogP contribution in [-0.2, 0) is 11.3 Å². The molecule has 1 saturated heterocycles. The first-order valence-corrected chi connectivity index (χ1v) is 7.00. The monoisotopic (exact) mass is 311 g/mol. The maximum absolute atomic E-state index is 12.0. The van der Waals surface area contributed by atoms with Crippen LogP contribution in [0.3, 0.4) is 0 Å². The number of rotatable bonds is 4. The van der Waals surface area contributed by atoms with Gasteiger partial charge in [-0.2, -0.15) is 0 Å². The van der Waals surface area contributed by atoms with Crippen molar-refractivity contribution in [1.82, 2.24) is 16.0 Å². The van der Waals surface area contributed by atoms with Crippen molar-refractivity contribution in [2.45, 2.75) is 19.4 Å². The maximum Gasteiger partial charge on any atom is 0.251 e. The Bertz CT molecular complexity index is 488. The third kappa shape index (κ3) is 5.02. The average molecular weight is 312 g/mol. The Balaban J connectivity index is 0.00000220. The highest BCUT2D eigenvalue weighted by molar-refractivity contribution is 5.94. The number of nitrogens with one attached hydrogen (secondary N) is 3. The number of amides is 2. The van der Waals surface area contributed by atoms with Crippen LogP contribution in [0.2, 0.25) is 0 Å². The second kappa shape index (κ2) is 8.64. The molecule has 1 unspecified atom stereocenters. The van der Waals surface area contributed by atoms with E-state index in [2.05, 4.69) is 16.0 Å². The molecule has 0 bridgehead atoms. The predicted molar refractivity (Wildman–Crippen MR) is 84.5 cm³/mol. The number of hydrogen-bond acceptors (Lipinski definition) is 3. The zero-order valence-electron chi connectivity index (χ0n) is 12.1. The highest BCUT2D eigenvalue weighted by Crippen LogP contribution is 2.10. The summed E-state index contributed by atoms with van der Waals surface area (Å²) in [4.78, 5) is 23.6. The molecule has 0 aliphatic carbocycles. The van der Waals surface area contributed by atoms with Crippen molar-refractivity contribution in [1.29, 1.82) is 0 Å². The van der Waals surface area contributed by atoms with Crippen molar-refractivity contribution in [2.75, 3.05) is 20.1 Å². The molecule has 0 radical (unpaired) electrons. The standard InChI is InChI=1S/C15H21N3O2.ClH/c1-16-14(19)12-5-2-4-11(8-12)9-18-15(20)13-6-3-7-17-10-13;/h2,4-5,8,13,17H,3,6-7,9-10H2,1H3,(H,16,19)(H,18,20);1H. The smallest absolute Gasteiger partial charge is 0.251 e. The normalized spacial score (nSPS) is 17.5. The fourth-order valence-electron chi connectivity index (χ4n) is 2.38. The third-order valence-corrected chi connectivity index (χ3v) is 3.55. The fourth-order valence-corrected chi connectivity index (χ4v) is 2.38. The number of halogens is 1. The number of carbonyl (C=O) groups is 2. The van der Waals surface area contributed by atoms with E-state index >= 15 is 0 Å². The molecule has 3 N–H and O–H groups in total. The van der Waals surface area contributed by atoms with Gasteiger partial charge in [-0.1, -0.05) is 12.1 Å². The van der Waals surface area contributed by atoms with Gasteiger partial charge in [0.05, 0.1) is 5.92 Å². The molecule has 1 heterocycles. The number of carbonyl (C=O) groups excluding carboxylic acids is 2. The molecule has 0 aromatic heterocycles. The van der Waals surface area contributed by atoms with Gasteiger partial charge in [0.1, 0.15) is 0 Å². The lowest BCUT2D eigenvalue weighted by Gasteiger charge is -2.21. The first-order valence-electron chi connectivity index (χ1n) is 7.00. The topological polar surface area (TPSA) is 70.2 Å². The summed E-state index contributed by atoms with van der Waals surface area (Å²) in [5.74, 6) is 0.0306. The summed E-state index contributed by atoms with van der Waals surface area (Å²) < 4.78 is 0. The van der Waals surface area contributed by atoms with Crippen LogP contribution < -0.4 is 16.0 Å². The van der Waals surface area contributed by atoms with Crippen LogP contribution in [-0.4, -0.2) is 32.0 Å². The van der Waals surface area contributed by atoms with Crippen molar-refractivity contribution in [3.8, 4) is 0 Å². The van der Waals surface area contributed by atoms with E-state index in [1.165, 1.54) is 0 Å². The van der Waals surface area contributed by atoms with Crippen LogP contribution in [0, 0.1) is 5.92 Å². The van der Waals surface area contributed by atoms with E-state index in [4.69, 9.17) is 0 Å². The van der Waals surface area contributed by atoms with Crippen molar-refractivity contribution in [3.05, 3.63) is 35.4 Å². The van der Waals surface area contributed by atoms with E-state index in [0.29, 0.717) is 12.1 Å². The van der Waals surface area contributed by atoms with Gasteiger partial charge < -0.3 is 16.0 Å². The van der Waals surface area contributed by atoms with Crippen molar-refractivity contribution in [2.24, 2.45) is 5.92 Å². The molecule has 0 saturated carbocycles. The van der Waals surface area contributed by atoms with Gasteiger partial charge in [0.2, 0.25) is 5.91 Å². The largest absolute Gasteiger partial charge is 0.355 e. The van der Waals surface area contributed by atoms with Gasteiger partial charge in [0.15, 0.2) is 0 Å². The number of piperidine rings is 1. The van der Waals surface area contributed by atoms with Crippen LogP contribution >= 0.6 is 12.4 Å². The Labute approximate surface area is 131 Å². The lowest BCUT2D eigenvalue weighted by atomic mass is 9.99. The van der Waals surface area contributed by atoms with E-state index in [9.17, 15) is 9.59 Å². The summed E-state index contributed by atoms with van der Waals surface area (Å²) in [6, 6.07) is 7.30. The molecule has 2 rings (SSSR count). The van der Waals surface area contributed by atoms with Crippen molar-refractivity contribution in [3.63, 3.8) is 0 Å². The Morgan fingerprint density at radius 2 is 2.19 bits per heavy atom. The van der Waals surface area contributed by atoms with Gasteiger partial charge in [-0.25, -0.2) is 0 Å².